The summed E-state index contributed by atoms with van der Waals surface area (Å²) in [5.41, 5.74) is 0.949. The highest BCUT2D eigenvalue weighted by Crippen LogP contribution is 2.01. The van der Waals surface area contributed by atoms with Gasteiger partial charge in [-0.15, -0.1) is 0 Å². The van der Waals surface area contributed by atoms with Crippen molar-refractivity contribution in [3.63, 3.8) is 0 Å². The van der Waals surface area contributed by atoms with E-state index in [1.165, 1.54) is 0 Å². The Hall–Kier alpha value is -1.49. The first-order valence-electron chi connectivity index (χ1n) is 10.4. The summed E-state index contributed by atoms with van der Waals surface area (Å²) in [5.74, 6) is 0. The molecule has 0 atom stereocenters. The first-order chi connectivity index (χ1) is 14.5. The summed E-state index contributed by atoms with van der Waals surface area (Å²) in [6.07, 6.45) is -0.455. The van der Waals surface area contributed by atoms with E-state index in [1.807, 2.05) is 30.3 Å². The molecule has 1 rings (SSSR count). The second-order valence-electron chi connectivity index (χ2n) is 7.40. The van der Waals surface area contributed by atoms with Gasteiger partial charge >= 0.3 is 6.09 Å². The van der Waals surface area contributed by atoms with Crippen LogP contribution in [-0.4, -0.2) is 80.4 Å². The molecule has 1 amide bonds. The number of rotatable bonds is 18. The molecule has 0 saturated heterocycles. The number of carbonyl (C=O) groups excluding carboxylic acids is 1. The molecule has 0 spiro atoms. The Morgan fingerprint density at radius 3 is 1.80 bits per heavy atom. The van der Waals surface area contributed by atoms with Crippen LogP contribution in [-0.2, 0) is 34.7 Å². The fourth-order valence-corrected chi connectivity index (χ4v) is 2.86. The van der Waals surface area contributed by atoms with Crippen molar-refractivity contribution in [1.29, 1.82) is 0 Å². The molecule has 172 valence electrons. The summed E-state index contributed by atoms with van der Waals surface area (Å²) in [4.78, 5) is 11.5. The first kappa shape index (κ1) is 26.5. The van der Waals surface area contributed by atoms with Crippen molar-refractivity contribution in [1.82, 2.24) is 5.32 Å². The van der Waals surface area contributed by atoms with E-state index in [0.717, 1.165) is 5.56 Å². The minimum atomic E-state index is -1.44. The number of alkyl carbamates (subject to hydrolysis) is 1. The van der Waals surface area contributed by atoms with Gasteiger partial charge in [-0.1, -0.05) is 30.3 Å². The molecule has 0 aliphatic rings. The van der Waals surface area contributed by atoms with E-state index in [4.69, 9.17) is 28.1 Å². The van der Waals surface area contributed by atoms with E-state index < -0.39 is 14.4 Å². The lowest BCUT2D eigenvalue weighted by Gasteiger charge is -2.16. The summed E-state index contributed by atoms with van der Waals surface area (Å²) in [7, 11) is -1.44. The van der Waals surface area contributed by atoms with Crippen LogP contribution in [0.5, 0.6) is 0 Å². The molecule has 1 aromatic rings. The third-order valence-electron chi connectivity index (χ3n) is 3.61. The van der Waals surface area contributed by atoms with Gasteiger partial charge in [0, 0.05) is 6.54 Å². The van der Waals surface area contributed by atoms with Crippen molar-refractivity contribution < 1.29 is 32.9 Å². The number of hydrogen-bond acceptors (Lipinski definition) is 7. The number of hydrogen-bond donors (Lipinski definition) is 1. The van der Waals surface area contributed by atoms with E-state index in [0.29, 0.717) is 66.0 Å². The molecule has 0 bridgehead atoms. The Morgan fingerprint density at radius 1 is 0.767 bits per heavy atom. The van der Waals surface area contributed by atoms with Crippen LogP contribution in [0.15, 0.2) is 30.3 Å². The average molecular weight is 444 g/mol. The lowest BCUT2D eigenvalue weighted by molar-refractivity contribution is -0.00453. The van der Waals surface area contributed by atoms with Gasteiger partial charge in [-0.2, -0.15) is 0 Å². The van der Waals surface area contributed by atoms with Crippen molar-refractivity contribution in [2.45, 2.75) is 26.2 Å². The maximum absolute atomic E-state index is 11.5. The highest BCUT2D eigenvalue weighted by atomic mass is 28.4. The average Bonchev–Trinajstić information content (AvgIpc) is 2.72. The van der Waals surface area contributed by atoms with E-state index in [1.54, 1.807) is 0 Å². The van der Waals surface area contributed by atoms with Gasteiger partial charge in [-0.3, -0.25) is 0 Å². The fourth-order valence-electron chi connectivity index (χ4n) is 2.17. The quantitative estimate of drug-likeness (QED) is 0.276. The second kappa shape index (κ2) is 17.2. The SMILES string of the molecule is C[Si](C)(C)OCCOCCOCCOCCOCCNC(=O)OCc1ccccc1. The monoisotopic (exact) mass is 443 g/mol. The van der Waals surface area contributed by atoms with Crippen molar-refractivity contribution in [2.75, 3.05) is 66.0 Å². The van der Waals surface area contributed by atoms with Crippen LogP contribution in [0.25, 0.3) is 0 Å². The minimum Gasteiger partial charge on any atom is -0.445 e. The minimum absolute atomic E-state index is 0.253. The Balaban J connectivity index is 1.76. The van der Waals surface area contributed by atoms with Gasteiger partial charge in [0.05, 0.1) is 59.5 Å². The third kappa shape index (κ3) is 17.4. The van der Waals surface area contributed by atoms with Gasteiger partial charge in [0.15, 0.2) is 8.32 Å². The number of carbonyl (C=O) groups is 1. The fraction of sp³-hybridized carbons (Fsp3) is 0.667. The number of benzene rings is 1. The molecule has 0 unspecified atom stereocenters. The van der Waals surface area contributed by atoms with Crippen LogP contribution in [0.3, 0.4) is 0 Å². The van der Waals surface area contributed by atoms with E-state index >= 15 is 0 Å². The normalized spacial score (nSPS) is 11.4. The van der Waals surface area contributed by atoms with Crippen molar-refractivity contribution in [3.05, 3.63) is 35.9 Å². The molecule has 0 fully saturated rings. The molecule has 0 aromatic heterocycles. The van der Waals surface area contributed by atoms with Crippen LogP contribution in [0.1, 0.15) is 5.56 Å². The Kier molecular flexibility index (Phi) is 15.2. The maximum Gasteiger partial charge on any atom is 0.407 e. The Morgan fingerprint density at radius 2 is 1.27 bits per heavy atom. The zero-order chi connectivity index (χ0) is 21.9. The molecule has 0 heterocycles. The standard InChI is InChI=1S/C21H37NO7Si/c1-30(2,3)29-18-17-27-16-15-26-14-13-25-12-11-24-10-9-22-21(23)28-19-20-7-5-4-6-8-20/h4-8H,9-19H2,1-3H3,(H,22,23). The maximum atomic E-state index is 11.5. The molecule has 30 heavy (non-hydrogen) atoms. The molecule has 8 nitrogen and oxygen atoms in total. The highest BCUT2D eigenvalue weighted by molar-refractivity contribution is 6.69. The lowest BCUT2D eigenvalue weighted by atomic mass is 10.2. The molecule has 0 aliphatic carbocycles. The predicted octanol–water partition coefficient (Wildman–Crippen LogP) is 2.83. The molecule has 0 aliphatic heterocycles. The summed E-state index contributed by atoms with van der Waals surface area (Å²) < 4.78 is 32.5. The van der Waals surface area contributed by atoms with Crippen LogP contribution in [0, 0.1) is 0 Å². The predicted molar refractivity (Wildman–Crippen MR) is 117 cm³/mol. The van der Waals surface area contributed by atoms with E-state index in [9.17, 15) is 4.79 Å². The third-order valence-corrected chi connectivity index (χ3v) is 4.68. The first-order valence-corrected chi connectivity index (χ1v) is 13.8. The molecule has 1 aromatic carbocycles. The lowest BCUT2D eigenvalue weighted by Crippen LogP contribution is -2.28. The highest BCUT2D eigenvalue weighted by Gasteiger charge is 2.13. The molecule has 0 radical (unpaired) electrons. The van der Waals surface area contributed by atoms with Crippen LogP contribution < -0.4 is 5.32 Å². The van der Waals surface area contributed by atoms with Gasteiger partial charge < -0.3 is 33.4 Å². The van der Waals surface area contributed by atoms with E-state index in [-0.39, 0.29) is 6.61 Å². The van der Waals surface area contributed by atoms with Crippen LogP contribution >= 0.6 is 0 Å². The summed E-state index contributed by atoms with van der Waals surface area (Å²) in [6.45, 7) is 11.8. The van der Waals surface area contributed by atoms with Gasteiger partial charge in [-0.25, -0.2) is 4.79 Å². The number of nitrogens with one attached hydrogen (secondary N) is 1. The second-order valence-corrected chi connectivity index (χ2v) is 11.9. The molecule has 1 N–H and O–H groups in total. The summed E-state index contributed by atoms with van der Waals surface area (Å²) >= 11 is 0. The number of ether oxygens (including phenoxy) is 5. The molecule has 9 heteroatoms. The summed E-state index contributed by atoms with van der Waals surface area (Å²) in [6, 6.07) is 9.53. The van der Waals surface area contributed by atoms with E-state index in [2.05, 4.69) is 25.0 Å². The molecular weight excluding hydrogens is 406 g/mol. The topological polar surface area (TPSA) is 84.5 Å². The largest absolute Gasteiger partial charge is 0.445 e. The van der Waals surface area contributed by atoms with Crippen LogP contribution in [0.2, 0.25) is 19.6 Å². The van der Waals surface area contributed by atoms with Gasteiger partial charge in [0.2, 0.25) is 0 Å². The number of amides is 1. The zero-order valence-corrected chi connectivity index (χ0v) is 19.5. The van der Waals surface area contributed by atoms with Gasteiger partial charge in [0.25, 0.3) is 0 Å². The van der Waals surface area contributed by atoms with Gasteiger partial charge in [-0.05, 0) is 25.2 Å². The Labute approximate surface area is 181 Å². The van der Waals surface area contributed by atoms with Crippen molar-refractivity contribution in [2.24, 2.45) is 0 Å². The van der Waals surface area contributed by atoms with Gasteiger partial charge in [0.1, 0.15) is 6.61 Å². The summed E-state index contributed by atoms with van der Waals surface area (Å²) in [5, 5.41) is 2.64. The van der Waals surface area contributed by atoms with Crippen molar-refractivity contribution in [3.8, 4) is 0 Å². The molecule has 0 saturated carbocycles. The molecular formula is C21H37NO7Si. The van der Waals surface area contributed by atoms with Crippen LogP contribution in [0.4, 0.5) is 4.79 Å². The van der Waals surface area contributed by atoms with Crippen molar-refractivity contribution >= 4 is 14.4 Å². The zero-order valence-electron chi connectivity index (χ0n) is 18.5. The Bertz CT molecular complexity index is 540. The smallest absolute Gasteiger partial charge is 0.407 e.